The highest BCUT2D eigenvalue weighted by Gasteiger charge is 2.74. The second kappa shape index (κ2) is 7.22. The summed E-state index contributed by atoms with van der Waals surface area (Å²) in [6, 6.07) is 19.3. The minimum absolute atomic E-state index is 0.00141. The number of ether oxygens (including phenoxy) is 1. The molecule has 1 unspecified atom stereocenters. The lowest BCUT2D eigenvalue weighted by atomic mass is 9.66. The second-order valence-electron chi connectivity index (χ2n) is 11.2. The van der Waals surface area contributed by atoms with Gasteiger partial charge in [-0.1, -0.05) is 82.3 Å². The minimum Gasteiger partial charge on any atom is -0.461 e. The van der Waals surface area contributed by atoms with Gasteiger partial charge in [0.2, 0.25) is 0 Å². The number of carbonyl (C=O) groups is 1. The average Bonchev–Trinajstić information content (AvgIpc) is 3.29. The quantitative estimate of drug-likeness (QED) is 0.527. The highest BCUT2D eigenvalue weighted by molar-refractivity contribution is 5.73. The van der Waals surface area contributed by atoms with Crippen molar-refractivity contribution in [3.63, 3.8) is 0 Å². The molecule has 2 aromatic carbocycles. The van der Waals surface area contributed by atoms with Crippen LogP contribution >= 0.6 is 0 Å². The molecule has 0 N–H and O–H groups in total. The number of esters is 1. The molecule has 164 valence electrons. The maximum atomic E-state index is 13.6. The first-order valence-electron chi connectivity index (χ1n) is 12.1. The summed E-state index contributed by atoms with van der Waals surface area (Å²) in [6.07, 6.45) is 6.11. The Morgan fingerprint density at radius 2 is 1.61 bits per heavy atom. The monoisotopic (exact) mass is 416 g/mol. The zero-order chi connectivity index (χ0) is 21.9. The lowest BCUT2D eigenvalue weighted by molar-refractivity contribution is -0.172. The van der Waals surface area contributed by atoms with E-state index in [-0.39, 0.29) is 34.2 Å². The molecule has 0 saturated heterocycles. The first-order chi connectivity index (χ1) is 14.8. The highest BCUT2D eigenvalue weighted by Crippen LogP contribution is 2.75. The van der Waals surface area contributed by atoms with Crippen molar-refractivity contribution in [2.75, 3.05) is 0 Å². The lowest BCUT2D eigenvalue weighted by Gasteiger charge is -2.44. The van der Waals surface area contributed by atoms with Crippen LogP contribution in [-0.4, -0.2) is 12.1 Å². The normalized spacial score (nSPS) is 30.3. The smallest absolute Gasteiger partial charge is 0.309 e. The topological polar surface area (TPSA) is 26.3 Å². The Bertz CT molecular complexity index is 950. The molecule has 2 nitrogen and oxygen atoms in total. The average molecular weight is 417 g/mol. The van der Waals surface area contributed by atoms with Crippen molar-refractivity contribution in [3.8, 4) is 0 Å². The number of rotatable bonds is 5. The molecule has 0 heterocycles. The van der Waals surface area contributed by atoms with Gasteiger partial charge in [-0.3, -0.25) is 4.79 Å². The summed E-state index contributed by atoms with van der Waals surface area (Å²) < 4.78 is 6.64. The van der Waals surface area contributed by atoms with Crippen LogP contribution in [0.25, 0.3) is 0 Å². The van der Waals surface area contributed by atoms with E-state index in [1.807, 2.05) is 6.07 Å². The number of hydrogen-bond donors (Lipinski definition) is 0. The Labute approximate surface area is 187 Å². The van der Waals surface area contributed by atoms with Crippen LogP contribution in [0.2, 0.25) is 0 Å². The van der Waals surface area contributed by atoms with Crippen molar-refractivity contribution < 1.29 is 9.53 Å². The molecule has 2 saturated carbocycles. The van der Waals surface area contributed by atoms with Gasteiger partial charge in [-0.05, 0) is 66.5 Å². The highest BCUT2D eigenvalue weighted by atomic mass is 16.5. The molecule has 5 rings (SSSR count). The minimum atomic E-state index is -0.0749. The lowest BCUT2D eigenvalue weighted by Crippen LogP contribution is -2.48. The van der Waals surface area contributed by atoms with Crippen LogP contribution in [0.5, 0.6) is 0 Å². The molecule has 3 aliphatic rings. The van der Waals surface area contributed by atoms with E-state index in [9.17, 15) is 4.79 Å². The number of fused-ring (bicyclic) bond motifs is 4. The maximum absolute atomic E-state index is 13.6. The van der Waals surface area contributed by atoms with Gasteiger partial charge in [0.1, 0.15) is 6.10 Å². The Kier molecular flexibility index (Phi) is 4.84. The molecule has 4 atom stereocenters. The van der Waals surface area contributed by atoms with Gasteiger partial charge in [-0.15, -0.1) is 0 Å². The summed E-state index contributed by atoms with van der Waals surface area (Å²) >= 11 is 0. The fourth-order valence-electron chi connectivity index (χ4n) is 7.68. The van der Waals surface area contributed by atoms with Crippen molar-refractivity contribution in [3.05, 3.63) is 71.3 Å². The summed E-state index contributed by atoms with van der Waals surface area (Å²) in [5.74, 6) is 0.537. The van der Waals surface area contributed by atoms with Gasteiger partial charge in [0.25, 0.3) is 0 Å². The van der Waals surface area contributed by atoms with Gasteiger partial charge in [0.05, 0.1) is 5.92 Å². The SMILES string of the molecule is CCC(Cc1ccccc1)C(=O)O[C@@H]1C2(Cc3ccccc3C2)[C@H]2CC[C@]1(C)C2(C)C. The second-order valence-corrected chi connectivity index (χ2v) is 11.2. The fourth-order valence-corrected chi connectivity index (χ4v) is 7.68. The molecule has 0 amide bonds. The molecule has 0 aliphatic heterocycles. The number of carbonyl (C=O) groups excluding carboxylic acids is 1. The summed E-state index contributed by atoms with van der Waals surface area (Å²) in [4.78, 5) is 13.6. The van der Waals surface area contributed by atoms with Gasteiger partial charge < -0.3 is 4.74 Å². The van der Waals surface area contributed by atoms with E-state index in [0.29, 0.717) is 5.92 Å². The largest absolute Gasteiger partial charge is 0.461 e. The zero-order valence-corrected chi connectivity index (χ0v) is 19.5. The van der Waals surface area contributed by atoms with Crippen LogP contribution < -0.4 is 0 Å². The van der Waals surface area contributed by atoms with E-state index < -0.39 is 0 Å². The molecule has 1 spiro atoms. The third-order valence-electron chi connectivity index (χ3n) is 9.63. The summed E-state index contributed by atoms with van der Waals surface area (Å²) in [7, 11) is 0. The van der Waals surface area contributed by atoms with E-state index in [0.717, 1.165) is 32.1 Å². The molecule has 0 aromatic heterocycles. The molecule has 31 heavy (non-hydrogen) atoms. The van der Waals surface area contributed by atoms with Crippen LogP contribution in [0.3, 0.4) is 0 Å². The van der Waals surface area contributed by atoms with Crippen molar-refractivity contribution in [1.29, 1.82) is 0 Å². The first-order valence-corrected chi connectivity index (χ1v) is 12.1. The van der Waals surface area contributed by atoms with E-state index in [1.54, 1.807) is 0 Å². The molecular formula is C29H36O2. The third-order valence-corrected chi connectivity index (χ3v) is 9.63. The van der Waals surface area contributed by atoms with Crippen LogP contribution in [0.1, 0.15) is 63.6 Å². The van der Waals surface area contributed by atoms with E-state index in [2.05, 4.69) is 76.2 Å². The molecule has 2 bridgehead atoms. The summed E-state index contributed by atoms with van der Waals surface area (Å²) in [5.41, 5.74) is 4.43. The maximum Gasteiger partial charge on any atom is 0.309 e. The molecule has 2 fully saturated rings. The predicted molar refractivity (Wildman–Crippen MR) is 125 cm³/mol. The molecule has 0 radical (unpaired) electrons. The molecule has 2 aromatic rings. The molecule has 2 heteroatoms. The summed E-state index contributed by atoms with van der Waals surface area (Å²) in [5, 5.41) is 0. The van der Waals surface area contributed by atoms with E-state index in [1.165, 1.54) is 23.1 Å². The fraction of sp³-hybridized carbons (Fsp3) is 0.552. The van der Waals surface area contributed by atoms with Crippen molar-refractivity contribution in [2.24, 2.45) is 28.1 Å². The van der Waals surface area contributed by atoms with Crippen molar-refractivity contribution >= 4 is 5.97 Å². The number of hydrogen-bond acceptors (Lipinski definition) is 2. The van der Waals surface area contributed by atoms with Gasteiger partial charge in [-0.25, -0.2) is 0 Å². The zero-order valence-electron chi connectivity index (χ0n) is 19.5. The predicted octanol–water partition coefficient (Wildman–Crippen LogP) is 6.41. The van der Waals surface area contributed by atoms with Crippen LogP contribution in [0, 0.1) is 28.1 Å². The third kappa shape index (κ3) is 2.93. The van der Waals surface area contributed by atoms with Gasteiger partial charge in [-0.2, -0.15) is 0 Å². The Hall–Kier alpha value is -2.09. The van der Waals surface area contributed by atoms with Gasteiger partial charge in [0.15, 0.2) is 0 Å². The summed E-state index contributed by atoms with van der Waals surface area (Å²) in [6.45, 7) is 9.39. The first kappa shape index (κ1) is 20.8. The Balaban J connectivity index is 1.46. The van der Waals surface area contributed by atoms with Crippen LogP contribution in [-0.2, 0) is 28.8 Å². The number of benzene rings is 2. The van der Waals surface area contributed by atoms with E-state index >= 15 is 0 Å². The Morgan fingerprint density at radius 3 is 2.23 bits per heavy atom. The molecular weight excluding hydrogens is 380 g/mol. The molecule has 3 aliphatic carbocycles. The van der Waals surface area contributed by atoms with Crippen molar-refractivity contribution in [1.82, 2.24) is 0 Å². The van der Waals surface area contributed by atoms with Crippen LogP contribution in [0.15, 0.2) is 54.6 Å². The van der Waals surface area contributed by atoms with Gasteiger partial charge in [0, 0.05) is 10.8 Å². The standard InChI is InChI=1S/C29H36O2/c1-5-21(17-20-11-7-6-8-12-20)25(30)31-26-28(4)16-15-24(27(28,2)3)29(26)18-22-13-9-10-14-23(22)19-29/h6-14,21,24,26H,5,15-19H2,1-4H3/t21?,24-,26-,28-/m0/s1. The van der Waals surface area contributed by atoms with Crippen LogP contribution in [0.4, 0.5) is 0 Å². The van der Waals surface area contributed by atoms with Gasteiger partial charge >= 0.3 is 5.97 Å². The van der Waals surface area contributed by atoms with Crippen molar-refractivity contribution in [2.45, 2.75) is 72.3 Å². The van der Waals surface area contributed by atoms with E-state index in [4.69, 9.17) is 4.74 Å². The Morgan fingerprint density at radius 1 is 1.00 bits per heavy atom.